The van der Waals surface area contributed by atoms with Gasteiger partial charge in [-0.1, -0.05) is 19.1 Å². The van der Waals surface area contributed by atoms with Crippen LogP contribution in [0.3, 0.4) is 0 Å². The third kappa shape index (κ3) is 4.53. The number of nitrogens with one attached hydrogen (secondary N) is 1. The standard InChI is InChI=1S/C16H25N3O/c1-12(13-3-5-14(17)6-4-13)11-16(20)18-9-10-19(2)15-7-8-15/h3-6,12,15H,7-11,17H2,1-2H3,(H,18,20). The van der Waals surface area contributed by atoms with E-state index in [-0.39, 0.29) is 11.8 Å². The molecule has 1 unspecified atom stereocenters. The zero-order chi connectivity index (χ0) is 14.5. The number of hydrogen-bond donors (Lipinski definition) is 2. The molecule has 4 nitrogen and oxygen atoms in total. The van der Waals surface area contributed by atoms with Crippen molar-refractivity contribution in [1.82, 2.24) is 10.2 Å². The lowest BCUT2D eigenvalue weighted by Crippen LogP contribution is -2.34. The van der Waals surface area contributed by atoms with Crippen molar-refractivity contribution >= 4 is 11.6 Å². The Morgan fingerprint density at radius 1 is 1.40 bits per heavy atom. The first-order chi connectivity index (χ1) is 9.56. The second-order valence-electron chi connectivity index (χ2n) is 5.83. The lowest BCUT2D eigenvalue weighted by atomic mass is 9.97. The first-order valence-corrected chi connectivity index (χ1v) is 7.38. The zero-order valence-corrected chi connectivity index (χ0v) is 12.4. The topological polar surface area (TPSA) is 58.4 Å². The van der Waals surface area contributed by atoms with E-state index in [1.807, 2.05) is 24.3 Å². The number of benzene rings is 1. The molecule has 0 aromatic heterocycles. The molecule has 1 aliphatic rings. The van der Waals surface area contributed by atoms with Crippen LogP contribution in [0.1, 0.15) is 37.7 Å². The van der Waals surface area contributed by atoms with Crippen molar-refractivity contribution < 1.29 is 4.79 Å². The van der Waals surface area contributed by atoms with Crippen LogP contribution in [0, 0.1) is 0 Å². The van der Waals surface area contributed by atoms with Crippen molar-refractivity contribution in [3.63, 3.8) is 0 Å². The molecule has 1 saturated carbocycles. The molecule has 1 fully saturated rings. The van der Waals surface area contributed by atoms with Gasteiger partial charge in [-0.15, -0.1) is 0 Å². The summed E-state index contributed by atoms with van der Waals surface area (Å²) in [7, 11) is 2.13. The number of anilines is 1. The molecule has 0 radical (unpaired) electrons. The molecular weight excluding hydrogens is 250 g/mol. The summed E-state index contributed by atoms with van der Waals surface area (Å²) >= 11 is 0. The van der Waals surface area contributed by atoms with Crippen LogP contribution in [0.15, 0.2) is 24.3 Å². The highest BCUT2D eigenvalue weighted by Crippen LogP contribution is 2.24. The minimum Gasteiger partial charge on any atom is -0.399 e. The molecule has 1 atom stereocenters. The second-order valence-corrected chi connectivity index (χ2v) is 5.83. The highest BCUT2D eigenvalue weighted by Gasteiger charge is 2.25. The van der Waals surface area contributed by atoms with Gasteiger partial charge >= 0.3 is 0 Å². The summed E-state index contributed by atoms with van der Waals surface area (Å²) in [4.78, 5) is 14.2. The van der Waals surface area contributed by atoms with E-state index >= 15 is 0 Å². The Kier molecular flexibility index (Phi) is 5.01. The van der Waals surface area contributed by atoms with Gasteiger partial charge in [0.05, 0.1) is 0 Å². The van der Waals surface area contributed by atoms with Gasteiger partial charge in [0.25, 0.3) is 0 Å². The van der Waals surface area contributed by atoms with E-state index in [4.69, 9.17) is 5.73 Å². The van der Waals surface area contributed by atoms with Crippen LogP contribution >= 0.6 is 0 Å². The Hall–Kier alpha value is -1.55. The van der Waals surface area contributed by atoms with Crippen LogP contribution < -0.4 is 11.1 Å². The first-order valence-electron chi connectivity index (χ1n) is 7.38. The fraction of sp³-hybridized carbons (Fsp3) is 0.562. The molecule has 0 spiro atoms. The van der Waals surface area contributed by atoms with Crippen LogP contribution in [-0.4, -0.2) is 37.0 Å². The number of amides is 1. The van der Waals surface area contributed by atoms with Gasteiger partial charge in [0.1, 0.15) is 0 Å². The van der Waals surface area contributed by atoms with E-state index < -0.39 is 0 Å². The predicted octanol–water partition coefficient (Wildman–Crippen LogP) is 1.97. The molecule has 4 heteroatoms. The van der Waals surface area contributed by atoms with Gasteiger partial charge in [0, 0.05) is 31.2 Å². The molecule has 3 N–H and O–H groups in total. The summed E-state index contributed by atoms with van der Waals surface area (Å²) in [5.41, 5.74) is 7.58. The molecule has 2 rings (SSSR count). The van der Waals surface area contributed by atoms with Gasteiger partial charge in [-0.3, -0.25) is 4.79 Å². The van der Waals surface area contributed by atoms with Gasteiger partial charge in [-0.2, -0.15) is 0 Å². The molecule has 1 aromatic carbocycles. The van der Waals surface area contributed by atoms with E-state index in [0.717, 1.165) is 30.4 Å². The largest absolute Gasteiger partial charge is 0.399 e. The van der Waals surface area contributed by atoms with Crippen LogP contribution in [-0.2, 0) is 4.79 Å². The maximum atomic E-state index is 11.9. The van der Waals surface area contributed by atoms with Gasteiger partial charge < -0.3 is 16.0 Å². The molecule has 0 saturated heterocycles. The van der Waals surface area contributed by atoms with Crippen molar-refractivity contribution in [3.05, 3.63) is 29.8 Å². The molecule has 110 valence electrons. The third-order valence-corrected chi connectivity index (χ3v) is 3.95. The van der Waals surface area contributed by atoms with E-state index in [0.29, 0.717) is 6.42 Å². The van der Waals surface area contributed by atoms with Gasteiger partial charge in [-0.25, -0.2) is 0 Å². The number of nitrogens with zero attached hydrogens (tertiary/aromatic N) is 1. The summed E-state index contributed by atoms with van der Waals surface area (Å²) in [6.07, 6.45) is 3.13. The Balaban J connectivity index is 1.69. The summed E-state index contributed by atoms with van der Waals surface area (Å²) < 4.78 is 0. The molecule has 0 heterocycles. The molecule has 1 amide bonds. The first kappa shape index (κ1) is 14.9. The Morgan fingerprint density at radius 3 is 2.65 bits per heavy atom. The number of nitrogen functional groups attached to an aromatic ring is 1. The lowest BCUT2D eigenvalue weighted by molar-refractivity contribution is -0.121. The van der Waals surface area contributed by atoms with Crippen LogP contribution in [0.5, 0.6) is 0 Å². The van der Waals surface area contributed by atoms with Crippen LogP contribution in [0.2, 0.25) is 0 Å². The zero-order valence-electron chi connectivity index (χ0n) is 12.4. The summed E-state index contributed by atoms with van der Waals surface area (Å²) in [5, 5.41) is 3.00. The number of likely N-dealkylation sites (N-methyl/N-ethyl adjacent to an activating group) is 1. The Morgan fingerprint density at radius 2 is 2.05 bits per heavy atom. The maximum Gasteiger partial charge on any atom is 0.220 e. The lowest BCUT2D eigenvalue weighted by Gasteiger charge is -2.17. The summed E-state index contributed by atoms with van der Waals surface area (Å²) in [6.45, 7) is 3.74. The molecular formula is C16H25N3O. The van der Waals surface area contributed by atoms with E-state index in [1.54, 1.807) is 0 Å². The minimum atomic E-state index is 0.124. The average molecular weight is 275 g/mol. The summed E-state index contributed by atoms with van der Waals surface area (Å²) in [5.74, 6) is 0.343. The SMILES string of the molecule is CC(CC(=O)NCCN(C)C1CC1)c1ccc(N)cc1. The fourth-order valence-corrected chi connectivity index (χ4v) is 2.36. The second kappa shape index (κ2) is 6.75. The van der Waals surface area contributed by atoms with E-state index in [9.17, 15) is 4.79 Å². The number of hydrogen-bond acceptors (Lipinski definition) is 3. The smallest absolute Gasteiger partial charge is 0.220 e. The van der Waals surface area contributed by atoms with Crippen molar-refractivity contribution in [2.45, 2.75) is 38.1 Å². The summed E-state index contributed by atoms with van der Waals surface area (Å²) in [6, 6.07) is 8.51. The highest BCUT2D eigenvalue weighted by atomic mass is 16.1. The molecule has 1 aliphatic carbocycles. The molecule has 20 heavy (non-hydrogen) atoms. The molecule has 1 aromatic rings. The Bertz CT molecular complexity index is 440. The number of rotatable bonds is 7. The molecule has 0 bridgehead atoms. The van der Waals surface area contributed by atoms with Crippen molar-refractivity contribution in [3.8, 4) is 0 Å². The monoisotopic (exact) mass is 275 g/mol. The Labute approximate surface area is 121 Å². The quantitative estimate of drug-likeness (QED) is 0.748. The van der Waals surface area contributed by atoms with Crippen molar-refractivity contribution in [1.29, 1.82) is 0 Å². The fourth-order valence-electron chi connectivity index (χ4n) is 2.36. The van der Waals surface area contributed by atoms with Crippen molar-refractivity contribution in [2.75, 3.05) is 25.9 Å². The maximum absolute atomic E-state index is 11.9. The average Bonchev–Trinajstić information content (AvgIpc) is 3.23. The number of nitrogens with two attached hydrogens (primary N) is 1. The number of carbonyl (C=O) groups is 1. The van der Waals surface area contributed by atoms with Gasteiger partial charge in [0.15, 0.2) is 0 Å². The van der Waals surface area contributed by atoms with Crippen LogP contribution in [0.25, 0.3) is 0 Å². The van der Waals surface area contributed by atoms with Gasteiger partial charge in [-0.05, 0) is 43.5 Å². The molecule has 0 aliphatic heterocycles. The van der Waals surface area contributed by atoms with Gasteiger partial charge in [0.2, 0.25) is 5.91 Å². The van der Waals surface area contributed by atoms with E-state index in [2.05, 4.69) is 24.2 Å². The predicted molar refractivity (Wildman–Crippen MR) is 82.5 cm³/mol. The van der Waals surface area contributed by atoms with Crippen molar-refractivity contribution in [2.24, 2.45) is 0 Å². The highest BCUT2D eigenvalue weighted by molar-refractivity contribution is 5.76. The van der Waals surface area contributed by atoms with Crippen LogP contribution in [0.4, 0.5) is 5.69 Å². The number of carbonyl (C=O) groups excluding carboxylic acids is 1. The normalized spacial score (nSPS) is 16.1. The van der Waals surface area contributed by atoms with E-state index in [1.165, 1.54) is 12.8 Å². The minimum absolute atomic E-state index is 0.124. The third-order valence-electron chi connectivity index (χ3n) is 3.95.